The highest BCUT2D eigenvalue weighted by atomic mass is 35.5. The van der Waals surface area contributed by atoms with E-state index >= 15 is 0 Å². The minimum absolute atomic E-state index is 0.159. The first-order valence-electron chi connectivity index (χ1n) is 9.08. The van der Waals surface area contributed by atoms with Gasteiger partial charge in [-0.05, 0) is 43.2 Å². The Kier molecular flexibility index (Phi) is 8.69. The molecule has 0 saturated heterocycles. The number of benzene rings is 1. The molecule has 0 spiro atoms. The van der Waals surface area contributed by atoms with E-state index in [1.54, 1.807) is 0 Å². The van der Waals surface area contributed by atoms with Gasteiger partial charge in [0.1, 0.15) is 12.4 Å². The minimum Gasteiger partial charge on any atom is -0.354 e. The molecule has 1 aromatic carbocycles. The zero-order valence-corrected chi connectivity index (χ0v) is 17.8. The number of hydrogen-bond acceptors (Lipinski definition) is 4. The molecule has 0 bridgehead atoms. The van der Waals surface area contributed by atoms with Gasteiger partial charge in [-0.25, -0.2) is 12.8 Å². The summed E-state index contributed by atoms with van der Waals surface area (Å²) in [5.74, 6) is -0.0637. The molecule has 1 N–H and O–H groups in total. The fourth-order valence-corrected chi connectivity index (χ4v) is 5.34. The van der Waals surface area contributed by atoms with E-state index in [1.807, 2.05) is 11.8 Å². The van der Waals surface area contributed by atoms with Gasteiger partial charge in [-0.3, -0.25) is 9.10 Å². The molecule has 9 heteroatoms. The number of nitrogens with one attached hydrogen (secondary N) is 1. The quantitative estimate of drug-likeness (QED) is 0.597. The fourth-order valence-electron chi connectivity index (χ4n) is 3.01. The predicted molar refractivity (Wildman–Crippen MR) is 111 cm³/mol. The number of halogens is 2. The molecule has 0 unspecified atom stereocenters. The van der Waals surface area contributed by atoms with Gasteiger partial charge in [0.25, 0.3) is 0 Å². The van der Waals surface area contributed by atoms with Gasteiger partial charge < -0.3 is 5.32 Å². The van der Waals surface area contributed by atoms with Crippen molar-refractivity contribution in [3.63, 3.8) is 0 Å². The van der Waals surface area contributed by atoms with Gasteiger partial charge >= 0.3 is 0 Å². The van der Waals surface area contributed by atoms with Gasteiger partial charge in [-0.2, -0.15) is 11.8 Å². The van der Waals surface area contributed by atoms with Crippen molar-refractivity contribution >= 4 is 45.0 Å². The molecule has 27 heavy (non-hydrogen) atoms. The molecule has 1 amide bonds. The van der Waals surface area contributed by atoms with Crippen LogP contribution in [-0.4, -0.2) is 44.7 Å². The number of nitrogens with zero attached hydrogens (tertiary/aromatic N) is 1. The Morgan fingerprint density at radius 1 is 1.33 bits per heavy atom. The third-order valence-electron chi connectivity index (χ3n) is 4.43. The molecule has 1 aromatic rings. The molecule has 0 heterocycles. The van der Waals surface area contributed by atoms with Crippen LogP contribution in [0.4, 0.5) is 10.1 Å². The molecule has 1 fully saturated rings. The Morgan fingerprint density at radius 3 is 2.67 bits per heavy atom. The highest BCUT2D eigenvalue weighted by Crippen LogP contribution is 2.28. The number of anilines is 1. The van der Waals surface area contributed by atoms with Gasteiger partial charge in [0, 0.05) is 11.8 Å². The fraction of sp³-hybridized carbons (Fsp3) is 0.611. The summed E-state index contributed by atoms with van der Waals surface area (Å²) in [6.07, 6.45) is 8.35. The lowest BCUT2D eigenvalue weighted by Gasteiger charge is -2.22. The smallest absolute Gasteiger partial charge is 0.240 e. The summed E-state index contributed by atoms with van der Waals surface area (Å²) in [7, 11) is -3.71. The third-order valence-corrected chi connectivity index (χ3v) is 7.33. The monoisotopic (exact) mass is 436 g/mol. The van der Waals surface area contributed by atoms with E-state index in [0.29, 0.717) is 6.54 Å². The maximum Gasteiger partial charge on any atom is 0.240 e. The Labute approximate surface area is 170 Å². The van der Waals surface area contributed by atoms with Crippen LogP contribution < -0.4 is 9.62 Å². The Bertz CT molecular complexity index is 740. The summed E-state index contributed by atoms with van der Waals surface area (Å²) >= 11 is 7.69. The van der Waals surface area contributed by atoms with Crippen LogP contribution in [0.1, 0.15) is 38.5 Å². The highest BCUT2D eigenvalue weighted by molar-refractivity contribution is 7.99. The van der Waals surface area contributed by atoms with Crippen molar-refractivity contribution < 1.29 is 17.6 Å². The zero-order chi connectivity index (χ0) is 19.9. The second-order valence-electron chi connectivity index (χ2n) is 6.70. The van der Waals surface area contributed by atoms with Crippen LogP contribution in [0.25, 0.3) is 0 Å². The third kappa shape index (κ3) is 7.50. The van der Waals surface area contributed by atoms with Gasteiger partial charge in [-0.1, -0.05) is 30.9 Å². The van der Waals surface area contributed by atoms with E-state index in [9.17, 15) is 17.6 Å². The maximum absolute atomic E-state index is 13.3. The number of carbonyl (C=O) groups is 1. The normalized spacial score (nSPS) is 15.5. The molecule has 0 radical (unpaired) electrons. The second-order valence-corrected chi connectivity index (χ2v) is 10.4. The summed E-state index contributed by atoms with van der Waals surface area (Å²) < 4.78 is 38.3. The number of rotatable bonds is 9. The van der Waals surface area contributed by atoms with Crippen molar-refractivity contribution in [2.24, 2.45) is 0 Å². The molecule has 1 saturated carbocycles. The molecule has 0 aromatic heterocycles. The minimum atomic E-state index is -3.71. The molecule has 1 aliphatic carbocycles. The van der Waals surface area contributed by atoms with Crippen LogP contribution in [0.15, 0.2) is 18.2 Å². The van der Waals surface area contributed by atoms with Gasteiger partial charge in [-0.15, -0.1) is 0 Å². The SMILES string of the molecule is CS(=O)(=O)N(CC(=O)NCCCSC1CCCCC1)c1ccc(F)c(Cl)c1. The van der Waals surface area contributed by atoms with E-state index in [2.05, 4.69) is 5.32 Å². The summed E-state index contributed by atoms with van der Waals surface area (Å²) in [5, 5.41) is 3.29. The summed E-state index contributed by atoms with van der Waals surface area (Å²) in [6, 6.07) is 3.57. The van der Waals surface area contributed by atoms with Crippen molar-refractivity contribution in [3.05, 3.63) is 29.0 Å². The Morgan fingerprint density at radius 2 is 2.04 bits per heavy atom. The molecule has 5 nitrogen and oxygen atoms in total. The maximum atomic E-state index is 13.3. The van der Waals surface area contributed by atoms with Crippen molar-refractivity contribution in [1.82, 2.24) is 5.32 Å². The average molecular weight is 437 g/mol. The first-order chi connectivity index (χ1) is 12.8. The molecule has 0 atom stereocenters. The van der Waals surface area contributed by atoms with E-state index in [4.69, 9.17) is 11.6 Å². The van der Waals surface area contributed by atoms with Gasteiger partial charge in [0.2, 0.25) is 15.9 Å². The Balaban J connectivity index is 1.80. The van der Waals surface area contributed by atoms with Crippen molar-refractivity contribution in [3.8, 4) is 0 Å². The Hall–Kier alpha value is -0.990. The number of sulfonamides is 1. The van der Waals surface area contributed by atoms with Crippen LogP contribution in [0, 0.1) is 5.82 Å². The molecule has 1 aliphatic rings. The van der Waals surface area contributed by atoms with Crippen molar-refractivity contribution in [2.45, 2.75) is 43.8 Å². The van der Waals surface area contributed by atoms with E-state index in [0.717, 1.165) is 34.1 Å². The lowest BCUT2D eigenvalue weighted by molar-refractivity contribution is -0.119. The first kappa shape index (κ1) is 22.3. The molecule has 2 rings (SSSR count). The topological polar surface area (TPSA) is 66.5 Å². The summed E-state index contributed by atoms with van der Waals surface area (Å²) in [4.78, 5) is 12.2. The lowest BCUT2D eigenvalue weighted by atomic mass is 10.0. The molecule has 152 valence electrons. The first-order valence-corrected chi connectivity index (χ1v) is 12.4. The lowest BCUT2D eigenvalue weighted by Crippen LogP contribution is -2.40. The van der Waals surface area contributed by atoms with Crippen LogP contribution in [0.3, 0.4) is 0 Å². The number of amides is 1. The molecule has 0 aliphatic heterocycles. The second kappa shape index (κ2) is 10.5. The largest absolute Gasteiger partial charge is 0.354 e. The van der Waals surface area contributed by atoms with Crippen LogP contribution in [0.5, 0.6) is 0 Å². The number of hydrogen-bond donors (Lipinski definition) is 1. The molecular weight excluding hydrogens is 411 g/mol. The zero-order valence-electron chi connectivity index (χ0n) is 15.4. The summed E-state index contributed by atoms with van der Waals surface area (Å²) in [6.45, 7) is 0.136. The van der Waals surface area contributed by atoms with Gasteiger partial charge in [0.05, 0.1) is 17.0 Å². The molecular formula is C18H26ClFN2O3S2. The van der Waals surface area contributed by atoms with Crippen LogP contribution in [0.2, 0.25) is 5.02 Å². The van der Waals surface area contributed by atoms with Crippen LogP contribution in [-0.2, 0) is 14.8 Å². The van der Waals surface area contributed by atoms with E-state index in [1.165, 1.54) is 44.2 Å². The van der Waals surface area contributed by atoms with Gasteiger partial charge in [0.15, 0.2) is 0 Å². The number of thioether (sulfide) groups is 1. The predicted octanol–water partition coefficient (Wildman–Crippen LogP) is 3.82. The van der Waals surface area contributed by atoms with E-state index < -0.39 is 21.7 Å². The van der Waals surface area contributed by atoms with E-state index in [-0.39, 0.29) is 17.3 Å². The number of carbonyl (C=O) groups excluding carboxylic acids is 1. The highest BCUT2D eigenvalue weighted by Gasteiger charge is 2.21. The van der Waals surface area contributed by atoms with Crippen molar-refractivity contribution in [1.29, 1.82) is 0 Å². The average Bonchev–Trinajstić information content (AvgIpc) is 2.62. The summed E-state index contributed by atoms with van der Waals surface area (Å²) in [5.41, 5.74) is 0.159. The van der Waals surface area contributed by atoms with Crippen molar-refractivity contribution in [2.75, 3.05) is 29.4 Å². The van der Waals surface area contributed by atoms with Crippen LogP contribution >= 0.6 is 23.4 Å². The standard InChI is InChI=1S/C18H26ClFN2O3S2/c1-27(24,25)22(14-8-9-17(20)16(19)12-14)13-18(23)21-10-5-11-26-15-6-3-2-4-7-15/h8-9,12,15H,2-7,10-11,13H2,1H3,(H,21,23).